The molecule has 132 valence electrons. The summed E-state index contributed by atoms with van der Waals surface area (Å²) in [6.45, 7) is 2.84. The molecule has 0 heterocycles. The van der Waals surface area contributed by atoms with Gasteiger partial charge in [0.2, 0.25) is 0 Å². The van der Waals surface area contributed by atoms with E-state index in [1.54, 1.807) is 0 Å². The molecule has 0 fully saturated rings. The second-order valence-corrected chi connectivity index (χ2v) is 7.29. The average molecular weight is 344 g/mol. The summed E-state index contributed by atoms with van der Waals surface area (Å²) in [5.74, 6) is 0.577. The summed E-state index contributed by atoms with van der Waals surface area (Å²) >= 11 is 0. The molecule has 0 atom stereocenters. The third-order valence-corrected chi connectivity index (χ3v) is 4.71. The minimum atomic E-state index is -4.62. The first-order valence-electron chi connectivity index (χ1n) is 8.71. The molecular weight excluding hydrogens is 315 g/mol. The van der Waals surface area contributed by atoms with Gasteiger partial charge >= 0.3 is 10.2 Å². The highest BCUT2D eigenvalue weighted by Gasteiger charge is 2.10. The van der Waals surface area contributed by atoms with Gasteiger partial charge in [0.05, 0.1) is 11.5 Å². The lowest BCUT2D eigenvalue weighted by atomic mass is 10.1. The quantitative estimate of drug-likeness (QED) is 0.343. The second kappa shape index (κ2) is 11.4. The molecule has 0 spiro atoms. The molecule has 0 saturated heterocycles. The summed E-state index contributed by atoms with van der Waals surface area (Å²) in [6, 6.07) is 5.43. The van der Waals surface area contributed by atoms with Gasteiger partial charge in [0.15, 0.2) is 0 Å². The van der Waals surface area contributed by atoms with Gasteiger partial charge in [0.1, 0.15) is 5.75 Å². The molecule has 0 aliphatic carbocycles. The van der Waals surface area contributed by atoms with Gasteiger partial charge in [-0.25, -0.2) is 0 Å². The normalized spacial score (nSPS) is 11.6. The summed E-state index contributed by atoms with van der Waals surface area (Å²) in [6.07, 6.45) is 12.7. The summed E-state index contributed by atoms with van der Waals surface area (Å²) in [7, 11) is -4.62. The van der Waals surface area contributed by atoms with Crippen molar-refractivity contribution in [3.63, 3.8) is 0 Å². The van der Waals surface area contributed by atoms with Crippen molar-refractivity contribution >= 4 is 10.2 Å². The van der Waals surface area contributed by atoms with Crippen LogP contribution in [0.5, 0.6) is 5.75 Å². The van der Waals surface area contributed by atoms with Crippen LogP contribution in [0.2, 0.25) is 0 Å². The van der Waals surface area contributed by atoms with Gasteiger partial charge in [0.25, 0.3) is 0 Å². The first-order valence-corrected chi connectivity index (χ1v) is 10.1. The Balaban J connectivity index is 2.01. The van der Waals surface area contributed by atoms with E-state index in [1.165, 1.54) is 75.6 Å². The Bertz CT molecular complexity index is 512. The van der Waals surface area contributed by atoms with E-state index in [0.29, 0.717) is 12.4 Å². The highest BCUT2D eigenvalue weighted by Crippen LogP contribution is 2.18. The Morgan fingerprint density at radius 1 is 0.826 bits per heavy atom. The summed E-state index contributed by atoms with van der Waals surface area (Å²) in [4.78, 5) is -0.330. The van der Waals surface area contributed by atoms with Gasteiger partial charge in [-0.15, -0.1) is 3.89 Å². The Labute approximate surface area is 140 Å². The van der Waals surface area contributed by atoms with Crippen LogP contribution >= 0.6 is 0 Å². The zero-order valence-electron chi connectivity index (χ0n) is 14.1. The monoisotopic (exact) mass is 344 g/mol. The Morgan fingerprint density at radius 2 is 1.30 bits per heavy atom. The maximum atomic E-state index is 12.7. The van der Waals surface area contributed by atoms with Crippen LogP contribution in [0, 0.1) is 0 Å². The number of hydrogen-bond acceptors (Lipinski definition) is 3. The minimum absolute atomic E-state index is 0.330. The van der Waals surface area contributed by atoms with E-state index in [4.69, 9.17) is 4.74 Å². The average Bonchev–Trinajstić information content (AvgIpc) is 2.52. The van der Waals surface area contributed by atoms with Crippen LogP contribution in [0.3, 0.4) is 0 Å². The molecule has 0 amide bonds. The maximum Gasteiger partial charge on any atom is 0.332 e. The maximum absolute atomic E-state index is 12.7. The largest absolute Gasteiger partial charge is 0.494 e. The zero-order valence-corrected chi connectivity index (χ0v) is 14.9. The predicted octanol–water partition coefficient (Wildman–Crippen LogP) is 5.64. The van der Waals surface area contributed by atoms with Gasteiger partial charge in [-0.05, 0) is 30.7 Å². The molecule has 3 nitrogen and oxygen atoms in total. The topological polar surface area (TPSA) is 43.4 Å². The lowest BCUT2D eigenvalue weighted by Gasteiger charge is -2.06. The molecule has 0 radical (unpaired) electrons. The fourth-order valence-electron chi connectivity index (χ4n) is 2.48. The van der Waals surface area contributed by atoms with E-state index in [1.807, 2.05) is 0 Å². The highest BCUT2D eigenvalue weighted by atomic mass is 32.3. The minimum Gasteiger partial charge on any atom is -0.494 e. The smallest absolute Gasteiger partial charge is 0.332 e. The molecule has 0 aliphatic heterocycles. The van der Waals surface area contributed by atoms with Gasteiger partial charge in [-0.3, -0.25) is 0 Å². The molecule has 0 aliphatic rings. The first kappa shape index (κ1) is 19.9. The van der Waals surface area contributed by atoms with E-state index in [9.17, 15) is 12.3 Å². The molecule has 23 heavy (non-hydrogen) atoms. The number of hydrogen-bond donors (Lipinski definition) is 0. The van der Waals surface area contributed by atoms with E-state index in [0.717, 1.165) is 12.8 Å². The number of unbranched alkanes of at least 4 members (excludes halogenated alkanes) is 9. The van der Waals surface area contributed by atoms with Crippen molar-refractivity contribution in [3.05, 3.63) is 24.3 Å². The van der Waals surface area contributed by atoms with Crippen molar-refractivity contribution in [1.29, 1.82) is 0 Å². The Hall–Kier alpha value is -1.10. The molecule has 1 rings (SSSR count). The summed E-state index contributed by atoms with van der Waals surface area (Å²) in [5, 5.41) is 0. The molecule has 0 bridgehead atoms. The molecule has 1 aromatic rings. The predicted molar refractivity (Wildman–Crippen MR) is 92.1 cm³/mol. The van der Waals surface area contributed by atoms with Gasteiger partial charge in [-0.1, -0.05) is 64.7 Å². The van der Waals surface area contributed by atoms with Crippen LogP contribution in [0.4, 0.5) is 3.89 Å². The molecule has 0 aromatic heterocycles. The third-order valence-electron chi connectivity index (χ3n) is 3.87. The van der Waals surface area contributed by atoms with Crippen molar-refractivity contribution < 1.29 is 17.0 Å². The molecule has 0 saturated carbocycles. The number of ether oxygens (including phenoxy) is 1. The van der Waals surface area contributed by atoms with Crippen LogP contribution in [-0.2, 0) is 10.2 Å². The van der Waals surface area contributed by atoms with Crippen molar-refractivity contribution in [1.82, 2.24) is 0 Å². The lowest BCUT2D eigenvalue weighted by Crippen LogP contribution is -1.98. The summed E-state index contributed by atoms with van der Waals surface area (Å²) < 4.78 is 39.6. The van der Waals surface area contributed by atoms with Crippen molar-refractivity contribution in [3.8, 4) is 5.75 Å². The van der Waals surface area contributed by atoms with Gasteiger partial charge in [-0.2, -0.15) is 8.42 Å². The van der Waals surface area contributed by atoms with Crippen LogP contribution in [0.1, 0.15) is 71.1 Å². The van der Waals surface area contributed by atoms with E-state index in [-0.39, 0.29) is 4.90 Å². The van der Waals surface area contributed by atoms with E-state index < -0.39 is 10.2 Å². The molecular formula is C18H29FO3S. The van der Waals surface area contributed by atoms with Crippen molar-refractivity contribution in [2.75, 3.05) is 6.61 Å². The number of benzene rings is 1. The van der Waals surface area contributed by atoms with Gasteiger partial charge in [0, 0.05) is 0 Å². The fraction of sp³-hybridized carbons (Fsp3) is 0.667. The lowest BCUT2D eigenvalue weighted by molar-refractivity contribution is 0.304. The SMILES string of the molecule is CCCCCCCCCCCCOc1ccc(S(=O)(=O)F)cc1. The Morgan fingerprint density at radius 3 is 1.78 bits per heavy atom. The zero-order chi connectivity index (χ0) is 17.0. The standard InChI is InChI=1S/C18H29FO3S/c1-2-3-4-5-6-7-8-9-10-11-16-22-17-12-14-18(15-13-17)23(19,20)21/h12-15H,2-11,16H2,1H3. The van der Waals surface area contributed by atoms with E-state index in [2.05, 4.69) is 6.92 Å². The Kier molecular flexibility index (Phi) is 9.92. The van der Waals surface area contributed by atoms with Crippen molar-refractivity contribution in [2.24, 2.45) is 0 Å². The highest BCUT2D eigenvalue weighted by molar-refractivity contribution is 7.86. The molecule has 0 N–H and O–H groups in total. The van der Waals surface area contributed by atoms with Crippen molar-refractivity contribution in [2.45, 2.75) is 76.0 Å². The molecule has 5 heteroatoms. The molecule has 0 unspecified atom stereocenters. The van der Waals surface area contributed by atoms with Crippen LogP contribution < -0.4 is 4.74 Å². The van der Waals surface area contributed by atoms with Crippen LogP contribution in [-0.4, -0.2) is 15.0 Å². The summed E-state index contributed by atoms with van der Waals surface area (Å²) in [5.41, 5.74) is 0. The van der Waals surface area contributed by atoms with Crippen LogP contribution in [0.15, 0.2) is 29.2 Å². The molecule has 1 aromatic carbocycles. The number of rotatable bonds is 13. The second-order valence-electron chi connectivity index (χ2n) is 5.94. The first-order chi connectivity index (χ1) is 11.0. The number of halogens is 1. The fourth-order valence-corrected chi connectivity index (χ4v) is 2.94. The van der Waals surface area contributed by atoms with Crippen LogP contribution in [0.25, 0.3) is 0 Å². The van der Waals surface area contributed by atoms with Gasteiger partial charge < -0.3 is 4.74 Å². The van der Waals surface area contributed by atoms with E-state index >= 15 is 0 Å². The third kappa shape index (κ3) is 9.59.